The van der Waals surface area contributed by atoms with Gasteiger partial charge in [-0.15, -0.1) is 11.3 Å². The topological polar surface area (TPSA) is 83.6 Å². The summed E-state index contributed by atoms with van der Waals surface area (Å²) in [5, 5.41) is 9.58. The number of rotatable bonds is 9. The van der Waals surface area contributed by atoms with Gasteiger partial charge in [-0.1, -0.05) is 13.3 Å². The van der Waals surface area contributed by atoms with Gasteiger partial charge in [-0.2, -0.15) is 0 Å². The van der Waals surface area contributed by atoms with Crippen molar-refractivity contribution < 1.29 is 14.3 Å². The summed E-state index contributed by atoms with van der Waals surface area (Å²) in [6.45, 7) is 9.41. The van der Waals surface area contributed by atoms with E-state index >= 15 is 0 Å². The Morgan fingerprint density at radius 3 is 2.85 bits per heavy atom. The van der Waals surface area contributed by atoms with Crippen LogP contribution >= 0.6 is 11.3 Å². The second kappa shape index (κ2) is 11.3. The quantitative estimate of drug-likeness (QED) is 0.563. The number of hydrogen-bond donors (Lipinski definition) is 2. The van der Waals surface area contributed by atoms with E-state index in [2.05, 4.69) is 22.5 Å². The van der Waals surface area contributed by atoms with Crippen LogP contribution < -0.4 is 15.4 Å². The maximum Gasteiger partial charge on any atom is 0.254 e. The van der Waals surface area contributed by atoms with E-state index in [-0.39, 0.29) is 11.8 Å². The first-order chi connectivity index (χ1) is 16.5. The van der Waals surface area contributed by atoms with Crippen LogP contribution in [0.3, 0.4) is 0 Å². The maximum atomic E-state index is 13.6. The summed E-state index contributed by atoms with van der Waals surface area (Å²) in [6, 6.07) is 4.02. The van der Waals surface area contributed by atoms with Gasteiger partial charge in [0.1, 0.15) is 10.8 Å². The van der Waals surface area contributed by atoms with Crippen molar-refractivity contribution in [2.75, 3.05) is 26.2 Å². The first-order valence-corrected chi connectivity index (χ1v) is 13.4. The molecule has 1 fully saturated rings. The van der Waals surface area contributed by atoms with Gasteiger partial charge in [-0.25, -0.2) is 4.98 Å². The predicted molar refractivity (Wildman–Crippen MR) is 135 cm³/mol. The molecule has 1 aromatic heterocycles. The average Bonchev–Trinajstić information content (AvgIpc) is 3.53. The minimum Gasteiger partial charge on any atom is -0.493 e. The van der Waals surface area contributed by atoms with Gasteiger partial charge < -0.3 is 20.3 Å². The number of amides is 2. The molecule has 1 saturated heterocycles. The summed E-state index contributed by atoms with van der Waals surface area (Å²) < 4.78 is 5.90. The number of benzene rings is 1. The summed E-state index contributed by atoms with van der Waals surface area (Å²) in [6.07, 6.45) is 5.00. The number of carbonyl (C=O) groups is 2. The van der Waals surface area contributed by atoms with Gasteiger partial charge in [0.25, 0.3) is 11.8 Å². The number of aryl methyl sites for hydroxylation is 1. The minimum atomic E-state index is -0.152. The summed E-state index contributed by atoms with van der Waals surface area (Å²) in [5.41, 5.74) is 2.93. The Morgan fingerprint density at radius 1 is 1.32 bits per heavy atom. The van der Waals surface area contributed by atoms with Crippen LogP contribution in [0.4, 0.5) is 0 Å². The van der Waals surface area contributed by atoms with Crippen molar-refractivity contribution in [3.8, 4) is 5.75 Å². The molecule has 8 heteroatoms. The SMILES string of the molecule is CC[C@@H](CNC(=O)c1cc2c(c(C(=O)N(CC)Cc3nc(C)cs3)c1)CCCO2)[C@H]1CCCN1. The molecule has 34 heavy (non-hydrogen) atoms. The molecule has 0 spiro atoms. The smallest absolute Gasteiger partial charge is 0.254 e. The van der Waals surface area contributed by atoms with Crippen molar-refractivity contribution in [3.05, 3.63) is 44.9 Å². The zero-order valence-electron chi connectivity index (χ0n) is 20.5. The maximum absolute atomic E-state index is 13.6. The number of fused-ring (bicyclic) bond motifs is 1. The normalized spacial score (nSPS) is 18.1. The van der Waals surface area contributed by atoms with Gasteiger partial charge in [0.2, 0.25) is 0 Å². The molecular formula is C26H36N4O3S. The van der Waals surface area contributed by atoms with Crippen molar-refractivity contribution in [3.63, 3.8) is 0 Å². The van der Waals surface area contributed by atoms with Gasteiger partial charge >= 0.3 is 0 Å². The van der Waals surface area contributed by atoms with Crippen LogP contribution in [0.2, 0.25) is 0 Å². The molecular weight excluding hydrogens is 448 g/mol. The Kier molecular flexibility index (Phi) is 8.21. The average molecular weight is 485 g/mol. The lowest BCUT2D eigenvalue weighted by molar-refractivity contribution is 0.0750. The number of thiazole rings is 1. The second-order valence-electron chi connectivity index (χ2n) is 9.24. The van der Waals surface area contributed by atoms with E-state index in [1.165, 1.54) is 6.42 Å². The molecule has 3 heterocycles. The summed E-state index contributed by atoms with van der Waals surface area (Å²) in [5.74, 6) is 0.834. The minimum absolute atomic E-state index is 0.0756. The zero-order chi connectivity index (χ0) is 24.1. The van der Waals surface area contributed by atoms with E-state index < -0.39 is 0 Å². The molecule has 7 nitrogen and oxygen atoms in total. The van der Waals surface area contributed by atoms with Crippen LogP contribution in [0.5, 0.6) is 5.75 Å². The molecule has 184 valence electrons. The molecule has 0 bridgehead atoms. The van der Waals surface area contributed by atoms with Crippen LogP contribution in [0.15, 0.2) is 17.5 Å². The highest BCUT2D eigenvalue weighted by Gasteiger charge is 2.27. The van der Waals surface area contributed by atoms with Crippen molar-refractivity contribution >= 4 is 23.2 Å². The molecule has 2 amide bonds. The predicted octanol–water partition coefficient (Wildman–Crippen LogP) is 3.95. The van der Waals surface area contributed by atoms with Gasteiger partial charge in [-0.3, -0.25) is 9.59 Å². The number of carbonyl (C=O) groups excluding carboxylic acids is 2. The van der Waals surface area contributed by atoms with Crippen LogP contribution in [0, 0.1) is 12.8 Å². The fourth-order valence-corrected chi connectivity index (χ4v) is 5.72. The number of aromatic nitrogens is 1. The van der Waals surface area contributed by atoms with Crippen molar-refractivity contribution in [2.24, 2.45) is 5.92 Å². The first kappa shape index (κ1) is 24.7. The Balaban J connectivity index is 1.54. The highest BCUT2D eigenvalue weighted by atomic mass is 32.1. The highest BCUT2D eigenvalue weighted by Crippen LogP contribution is 2.31. The highest BCUT2D eigenvalue weighted by molar-refractivity contribution is 7.09. The van der Waals surface area contributed by atoms with Gasteiger partial charge in [0.15, 0.2) is 0 Å². The lowest BCUT2D eigenvalue weighted by atomic mass is 9.94. The van der Waals surface area contributed by atoms with Crippen LogP contribution in [0.25, 0.3) is 0 Å². The molecule has 4 rings (SSSR count). The number of nitrogens with zero attached hydrogens (tertiary/aromatic N) is 2. The molecule has 2 aliphatic rings. The number of hydrogen-bond acceptors (Lipinski definition) is 6. The van der Waals surface area contributed by atoms with E-state index in [0.717, 1.165) is 48.5 Å². The Hall–Kier alpha value is -2.45. The van der Waals surface area contributed by atoms with Crippen LogP contribution in [-0.2, 0) is 13.0 Å². The first-order valence-electron chi connectivity index (χ1n) is 12.5. The molecule has 2 aromatic rings. The van der Waals surface area contributed by atoms with E-state index in [1.807, 2.05) is 19.2 Å². The Morgan fingerprint density at radius 2 is 2.18 bits per heavy atom. The Bertz CT molecular complexity index is 1020. The fourth-order valence-electron chi connectivity index (χ4n) is 4.93. The van der Waals surface area contributed by atoms with Crippen molar-refractivity contribution in [1.29, 1.82) is 0 Å². The van der Waals surface area contributed by atoms with Crippen LogP contribution in [-0.4, -0.2) is 54.0 Å². The molecule has 2 aliphatic heterocycles. The lowest BCUT2D eigenvalue weighted by Gasteiger charge is -2.26. The lowest BCUT2D eigenvalue weighted by Crippen LogP contribution is -2.39. The van der Waals surface area contributed by atoms with Gasteiger partial charge in [0.05, 0.1) is 13.2 Å². The third-order valence-electron chi connectivity index (χ3n) is 6.91. The van der Waals surface area contributed by atoms with E-state index in [1.54, 1.807) is 28.4 Å². The Labute approximate surface area is 206 Å². The van der Waals surface area contributed by atoms with Crippen molar-refractivity contribution in [2.45, 2.75) is 65.5 Å². The largest absolute Gasteiger partial charge is 0.493 e. The monoisotopic (exact) mass is 484 g/mol. The van der Waals surface area contributed by atoms with Gasteiger partial charge in [0, 0.05) is 46.9 Å². The van der Waals surface area contributed by atoms with E-state index in [0.29, 0.717) is 55.1 Å². The van der Waals surface area contributed by atoms with Gasteiger partial charge in [-0.05, 0) is 64.1 Å². The summed E-state index contributed by atoms with van der Waals surface area (Å²) in [7, 11) is 0. The standard InChI is InChI=1S/C26H36N4O3S/c1-4-18(22-9-6-10-27-22)14-28-25(31)19-12-21(20-8-7-11-33-23(20)13-19)26(32)30(5-2)15-24-29-17(3)16-34-24/h12-13,16,18,22,27H,4-11,14-15H2,1-3H3,(H,28,31)/t18-,22+/m0/s1. The molecule has 0 unspecified atom stereocenters. The summed E-state index contributed by atoms with van der Waals surface area (Å²) in [4.78, 5) is 33.1. The molecule has 0 aliphatic carbocycles. The summed E-state index contributed by atoms with van der Waals surface area (Å²) >= 11 is 1.57. The third-order valence-corrected chi connectivity index (χ3v) is 7.86. The van der Waals surface area contributed by atoms with E-state index in [4.69, 9.17) is 4.74 Å². The number of ether oxygens (including phenoxy) is 1. The number of nitrogens with one attached hydrogen (secondary N) is 2. The fraction of sp³-hybridized carbons (Fsp3) is 0.577. The third kappa shape index (κ3) is 5.61. The van der Waals surface area contributed by atoms with Crippen molar-refractivity contribution in [1.82, 2.24) is 20.5 Å². The second-order valence-corrected chi connectivity index (χ2v) is 10.2. The molecule has 2 atom stereocenters. The molecule has 0 radical (unpaired) electrons. The molecule has 1 aromatic carbocycles. The van der Waals surface area contributed by atoms with E-state index in [9.17, 15) is 9.59 Å². The molecule has 2 N–H and O–H groups in total. The zero-order valence-corrected chi connectivity index (χ0v) is 21.3. The van der Waals surface area contributed by atoms with Crippen LogP contribution in [0.1, 0.15) is 76.5 Å². The molecule has 0 saturated carbocycles.